The van der Waals surface area contributed by atoms with Crippen LogP contribution in [0.1, 0.15) is 24.2 Å². The van der Waals surface area contributed by atoms with Crippen LogP contribution in [0.3, 0.4) is 0 Å². The third kappa shape index (κ3) is 3.70. The molecule has 1 amide bonds. The summed E-state index contributed by atoms with van der Waals surface area (Å²) in [7, 11) is 0. The molecule has 0 aliphatic rings. The quantitative estimate of drug-likeness (QED) is 0.492. The molecule has 9 heteroatoms. The Balaban J connectivity index is 1.94. The molecule has 1 unspecified atom stereocenters. The first-order valence-electron chi connectivity index (χ1n) is 7.47. The lowest BCUT2D eigenvalue weighted by atomic mass is 10.1. The zero-order chi connectivity index (χ0) is 19.0. The minimum atomic E-state index is -1.18. The average Bonchev–Trinajstić information content (AvgIpc) is 2.91. The average molecular weight is 415 g/mol. The number of rotatable bonds is 4. The number of thiazole rings is 1. The Bertz CT molecular complexity index is 1010. The third-order valence-electron chi connectivity index (χ3n) is 3.69. The lowest BCUT2D eigenvalue weighted by Gasteiger charge is -2.19. The summed E-state index contributed by atoms with van der Waals surface area (Å²) in [6, 6.07) is 6.18. The van der Waals surface area contributed by atoms with Gasteiger partial charge in [0.2, 0.25) is 0 Å². The molecule has 26 heavy (non-hydrogen) atoms. The van der Waals surface area contributed by atoms with Gasteiger partial charge >= 0.3 is 6.09 Å². The van der Waals surface area contributed by atoms with Gasteiger partial charge in [0.05, 0.1) is 15.2 Å². The summed E-state index contributed by atoms with van der Waals surface area (Å²) in [4.78, 5) is 15.0. The Morgan fingerprint density at radius 1 is 1.38 bits per heavy atom. The third-order valence-corrected chi connectivity index (χ3v) is 5.34. The van der Waals surface area contributed by atoms with Crippen LogP contribution in [-0.2, 0) is 0 Å². The van der Waals surface area contributed by atoms with Gasteiger partial charge in [-0.3, -0.25) is 5.32 Å². The van der Waals surface area contributed by atoms with Crippen molar-refractivity contribution in [1.29, 1.82) is 0 Å². The van der Waals surface area contributed by atoms with E-state index in [1.165, 1.54) is 23.5 Å². The topological polar surface area (TPSA) is 71.5 Å². The highest BCUT2D eigenvalue weighted by Gasteiger charge is 2.20. The van der Waals surface area contributed by atoms with E-state index in [-0.39, 0.29) is 10.2 Å². The van der Waals surface area contributed by atoms with Crippen molar-refractivity contribution in [3.63, 3.8) is 0 Å². The highest BCUT2D eigenvalue weighted by Crippen LogP contribution is 2.37. The van der Waals surface area contributed by atoms with Crippen molar-refractivity contribution in [2.24, 2.45) is 0 Å². The zero-order valence-electron chi connectivity index (χ0n) is 13.6. The second-order valence-corrected chi connectivity index (χ2v) is 7.37. The van der Waals surface area contributed by atoms with E-state index in [9.17, 15) is 9.18 Å². The molecule has 3 aromatic rings. The standard InChI is InChI=1S/C17H13Cl2FN2O3S/c1-7-5-11-13(26-16(21-11)22-17(23)24)6-12(7)25-8(2)14-9(18)3-4-10(20)15(14)19/h3-6,8H,1-2H3,(H,21,22)(H,23,24). The normalized spacial score (nSPS) is 12.2. The van der Waals surface area contributed by atoms with Gasteiger partial charge in [0, 0.05) is 10.6 Å². The Morgan fingerprint density at radius 2 is 2.12 bits per heavy atom. The van der Waals surface area contributed by atoms with Gasteiger partial charge < -0.3 is 9.84 Å². The molecule has 136 valence electrons. The number of amides is 1. The molecule has 3 rings (SSSR count). The van der Waals surface area contributed by atoms with Crippen LogP contribution in [-0.4, -0.2) is 16.2 Å². The van der Waals surface area contributed by atoms with Crippen LogP contribution < -0.4 is 10.1 Å². The zero-order valence-corrected chi connectivity index (χ0v) is 16.0. The molecule has 0 fully saturated rings. The van der Waals surface area contributed by atoms with Gasteiger partial charge in [-0.15, -0.1) is 0 Å². The lowest BCUT2D eigenvalue weighted by Crippen LogP contribution is -2.06. The van der Waals surface area contributed by atoms with E-state index in [2.05, 4.69) is 10.3 Å². The summed E-state index contributed by atoms with van der Waals surface area (Å²) < 4.78 is 20.4. The van der Waals surface area contributed by atoms with Crippen molar-refractivity contribution in [3.8, 4) is 5.75 Å². The number of hydrogen-bond acceptors (Lipinski definition) is 4. The molecular weight excluding hydrogens is 402 g/mol. The van der Waals surface area contributed by atoms with E-state index in [0.29, 0.717) is 21.9 Å². The van der Waals surface area contributed by atoms with Crippen LogP contribution >= 0.6 is 34.5 Å². The van der Waals surface area contributed by atoms with Crippen LogP contribution in [0, 0.1) is 12.7 Å². The highest BCUT2D eigenvalue weighted by atomic mass is 35.5. The van der Waals surface area contributed by atoms with Crippen LogP contribution in [0.25, 0.3) is 10.2 Å². The van der Waals surface area contributed by atoms with Crippen molar-refractivity contribution < 1.29 is 19.0 Å². The fourth-order valence-electron chi connectivity index (χ4n) is 2.50. The van der Waals surface area contributed by atoms with Crippen molar-refractivity contribution in [3.05, 3.63) is 51.3 Å². The number of fused-ring (bicyclic) bond motifs is 1. The number of aryl methyl sites for hydroxylation is 1. The second kappa shape index (κ2) is 7.26. The van der Waals surface area contributed by atoms with E-state index in [0.717, 1.165) is 10.3 Å². The van der Waals surface area contributed by atoms with Gasteiger partial charge in [-0.2, -0.15) is 0 Å². The molecule has 0 radical (unpaired) electrons. The molecule has 1 aromatic heterocycles. The SMILES string of the molecule is Cc1cc2nc(NC(=O)O)sc2cc1OC(C)c1c(Cl)ccc(F)c1Cl. The molecule has 0 saturated heterocycles. The molecule has 0 bridgehead atoms. The van der Waals surface area contributed by atoms with E-state index < -0.39 is 18.0 Å². The van der Waals surface area contributed by atoms with Gasteiger partial charge in [-0.1, -0.05) is 34.5 Å². The number of anilines is 1. The lowest BCUT2D eigenvalue weighted by molar-refractivity contribution is 0.209. The molecule has 1 heterocycles. The van der Waals surface area contributed by atoms with Gasteiger partial charge in [0.25, 0.3) is 0 Å². The Morgan fingerprint density at radius 3 is 2.81 bits per heavy atom. The number of nitrogens with one attached hydrogen (secondary N) is 1. The van der Waals surface area contributed by atoms with Gasteiger partial charge in [0.1, 0.15) is 17.7 Å². The number of ether oxygens (including phenoxy) is 1. The minimum absolute atomic E-state index is 0.0746. The Kier molecular flexibility index (Phi) is 5.22. The number of nitrogens with zero attached hydrogens (tertiary/aromatic N) is 1. The van der Waals surface area contributed by atoms with Crippen LogP contribution in [0.15, 0.2) is 24.3 Å². The summed E-state index contributed by atoms with van der Waals surface area (Å²) in [5.41, 5.74) is 1.81. The predicted octanol–water partition coefficient (Wildman–Crippen LogP) is 6.28. The van der Waals surface area contributed by atoms with E-state index >= 15 is 0 Å². The van der Waals surface area contributed by atoms with Crippen molar-refractivity contribution in [1.82, 2.24) is 4.98 Å². The molecule has 2 aromatic carbocycles. The number of hydrogen-bond donors (Lipinski definition) is 2. The minimum Gasteiger partial charge on any atom is -0.486 e. The molecule has 0 spiro atoms. The van der Waals surface area contributed by atoms with Crippen molar-refractivity contribution in [2.45, 2.75) is 20.0 Å². The first-order chi connectivity index (χ1) is 12.3. The summed E-state index contributed by atoms with van der Waals surface area (Å²) in [5.74, 6) is -0.0209. The summed E-state index contributed by atoms with van der Waals surface area (Å²) >= 11 is 13.4. The smallest absolute Gasteiger partial charge is 0.410 e. The van der Waals surface area contributed by atoms with Crippen LogP contribution in [0.5, 0.6) is 5.75 Å². The van der Waals surface area contributed by atoms with Gasteiger partial charge in [0.15, 0.2) is 5.13 Å². The van der Waals surface area contributed by atoms with Crippen LogP contribution in [0.4, 0.5) is 14.3 Å². The van der Waals surface area contributed by atoms with Crippen LogP contribution in [0.2, 0.25) is 10.0 Å². The van der Waals surface area contributed by atoms with Crippen molar-refractivity contribution in [2.75, 3.05) is 5.32 Å². The largest absolute Gasteiger partial charge is 0.486 e. The number of carbonyl (C=O) groups is 1. The van der Waals surface area contributed by atoms with Crippen molar-refractivity contribution >= 4 is 56.0 Å². The predicted molar refractivity (Wildman–Crippen MR) is 101 cm³/mol. The molecule has 2 N–H and O–H groups in total. The summed E-state index contributed by atoms with van der Waals surface area (Å²) in [6.07, 6.45) is -1.77. The molecule has 5 nitrogen and oxygen atoms in total. The molecule has 0 saturated carbocycles. The highest BCUT2D eigenvalue weighted by molar-refractivity contribution is 7.22. The second-order valence-electron chi connectivity index (χ2n) is 5.55. The molecule has 0 aliphatic carbocycles. The maximum absolute atomic E-state index is 13.7. The molecule has 1 atom stereocenters. The fraction of sp³-hybridized carbons (Fsp3) is 0.176. The maximum Gasteiger partial charge on any atom is 0.410 e. The maximum atomic E-state index is 13.7. The first kappa shape index (κ1) is 18.7. The Labute approximate surface area is 162 Å². The van der Waals surface area contributed by atoms with E-state index in [1.54, 1.807) is 19.1 Å². The number of benzene rings is 2. The first-order valence-corrected chi connectivity index (χ1v) is 9.04. The summed E-state index contributed by atoms with van der Waals surface area (Å²) in [5, 5.41) is 11.5. The van der Waals surface area contributed by atoms with E-state index in [4.69, 9.17) is 33.0 Å². The number of halogens is 3. The van der Waals surface area contributed by atoms with Gasteiger partial charge in [-0.05, 0) is 43.7 Å². The van der Waals surface area contributed by atoms with Gasteiger partial charge in [-0.25, -0.2) is 14.2 Å². The number of carboxylic acid groups (broad SMARTS) is 1. The monoisotopic (exact) mass is 414 g/mol. The number of aromatic nitrogens is 1. The fourth-order valence-corrected chi connectivity index (χ4v) is 4.04. The Hall–Kier alpha value is -2.09. The summed E-state index contributed by atoms with van der Waals surface area (Å²) in [6.45, 7) is 3.56. The molecule has 0 aliphatic heterocycles. The molecular formula is C17H13Cl2FN2O3S. The van der Waals surface area contributed by atoms with E-state index in [1.807, 2.05) is 6.92 Å².